The van der Waals surface area contributed by atoms with Gasteiger partial charge in [0.15, 0.2) is 0 Å². The molecule has 0 radical (unpaired) electrons. The van der Waals surface area contributed by atoms with Crippen molar-refractivity contribution >= 4 is 11.8 Å². The number of benzene rings is 1. The summed E-state index contributed by atoms with van der Waals surface area (Å²) in [5.74, 6) is 0.100. The third-order valence-electron chi connectivity index (χ3n) is 2.98. The number of aromatic nitrogens is 1. The number of halogens is 1. The van der Waals surface area contributed by atoms with Gasteiger partial charge in [-0.3, -0.25) is 0 Å². The minimum Gasteiger partial charge on any atom is -0.462 e. The Morgan fingerprint density at radius 1 is 1.24 bits per heavy atom. The highest BCUT2D eigenvalue weighted by Crippen LogP contribution is 2.14. The van der Waals surface area contributed by atoms with E-state index in [1.807, 2.05) is 11.9 Å². The van der Waals surface area contributed by atoms with Crippen molar-refractivity contribution in [2.45, 2.75) is 13.5 Å². The van der Waals surface area contributed by atoms with E-state index in [9.17, 15) is 9.18 Å². The van der Waals surface area contributed by atoms with Crippen LogP contribution in [0.4, 0.5) is 10.2 Å². The van der Waals surface area contributed by atoms with E-state index >= 15 is 0 Å². The molecule has 1 aromatic heterocycles. The standard InChI is InChI=1S/C16H17FN2O2/c1-3-21-16(20)13-6-9-15(18-10-13)19(2)11-12-4-7-14(17)8-5-12/h4-10H,3,11H2,1-2H3. The topological polar surface area (TPSA) is 42.4 Å². The van der Waals surface area contributed by atoms with Crippen molar-refractivity contribution in [2.24, 2.45) is 0 Å². The molecule has 0 spiro atoms. The summed E-state index contributed by atoms with van der Waals surface area (Å²) in [6, 6.07) is 9.77. The number of pyridine rings is 1. The number of ether oxygens (including phenoxy) is 1. The minimum absolute atomic E-state index is 0.252. The van der Waals surface area contributed by atoms with Crippen LogP contribution in [-0.2, 0) is 11.3 Å². The Morgan fingerprint density at radius 2 is 1.95 bits per heavy atom. The Morgan fingerprint density at radius 3 is 2.52 bits per heavy atom. The molecule has 0 aliphatic heterocycles. The Bertz CT molecular complexity index is 597. The number of rotatable bonds is 5. The molecule has 0 saturated heterocycles. The molecule has 4 nitrogen and oxygen atoms in total. The van der Waals surface area contributed by atoms with Gasteiger partial charge in [-0.1, -0.05) is 12.1 Å². The van der Waals surface area contributed by atoms with Crippen LogP contribution in [0.3, 0.4) is 0 Å². The molecule has 0 aliphatic carbocycles. The lowest BCUT2D eigenvalue weighted by atomic mass is 10.2. The molecular formula is C16H17FN2O2. The van der Waals surface area contributed by atoms with Crippen LogP contribution in [0.2, 0.25) is 0 Å². The molecule has 0 saturated carbocycles. The number of nitrogens with zero attached hydrogens (tertiary/aromatic N) is 2. The molecule has 21 heavy (non-hydrogen) atoms. The number of carbonyl (C=O) groups excluding carboxylic acids is 1. The van der Waals surface area contributed by atoms with E-state index in [2.05, 4.69) is 4.98 Å². The molecule has 0 fully saturated rings. The van der Waals surface area contributed by atoms with Crippen molar-refractivity contribution in [3.63, 3.8) is 0 Å². The van der Waals surface area contributed by atoms with Crippen molar-refractivity contribution in [1.29, 1.82) is 0 Å². The molecule has 5 heteroatoms. The summed E-state index contributed by atoms with van der Waals surface area (Å²) in [7, 11) is 1.88. The van der Waals surface area contributed by atoms with Crippen LogP contribution in [0, 0.1) is 5.82 Å². The first-order valence-electron chi connectivity index (χ1n) is 6.69. The molecule has 0 unspecified atom stereocenters. The van der Waals surface area contributed by atoms with Crippen LogP contribution in [0.1, 0.15) is 22.8 Å². The Labute approximate surface area is 123 Å². The van der Waals surface area contributed by atoms with E-state index in [0.717, 1.165) is 11.4 Å². The van der Waals surface area contributed by atoms with Gasteiger partial charge in [0.05, 0.1) is 12.2 Å². The van der Waals surface area contributed by atoms with Gasteiger partial charge in [0, 0.05) is 19.8 Å². The highest BCUT2D eigenvalue weighted by Gasteiger charge is 2.09. The summed E-state index contributed by atoms with van der Waals surface area (Å²) in [5, 5.41) is 0. The summed E-state index contributed by atoms with van der Waals surface area (Å²) in [5.41, 5.74) is 1.41. The number of esters is 1. The predicted molar refractivity (Wildman–Crippen MR) is 78.7 cm³/mol. The van der Waals surface area contributed by atoms with Crippen LogP contribution in [0.5, 0.6) is 0 Å². The third kappa shape index (κ3) is 4.02. The molecule has 0 N–H and O–H groups in total. The zero-order valence-electron chi connectivity index (χ0n) is 12.0. The summed E-state index contributed by atoms with van der Waals surface area (Å²) in [4.78, 5) is 17.7. The molecule has 1 aromatic carbocycles. The van der Waals surface area contributed by atoms with Gasteiger partial charge < -0.3 is 9.64 Å². The summed E-state index contributed by atoms with van der Waals surface area (Å²) >= 11 is 0. The highest BCUT2D eigenvalue weighted by molar-refractivity contribution is 5.89. The van der Waals surface area contributed by atoms with Crippen molar-refractivity contribution in [3.05, 3.63) is 59.5 Å². The van der Waals surface area contributed by atoms with E-state index in [1.165, 1.54) is 18.3 Å². The van der Waals surface area contributed by atoms with E-state index in [0.29, 0.717) is 18.7 Å². The lowest BCUT2D eigenvalue weighted by Crippen LogP contribution is -2.18. The third-order valence-corrected chi connectivity index (χ3v) is 2.98. The quantitative estimate of drug-likeness (QED) is 0.793. The number of hydrogen-bond donors (Lipinski definition) is 0. The van der Waals surface area contributed by atoms with Crippen LogP contribution in [0.25, 0.3) is 0 Å². The minimum atomic E-state index is -0.377. The molecular weight excluding hydrogens is 271 g/mol. The number of hydrogen-bond acceptors (Lipinski definition) is 4. The van der Waals surface area contributed by atoms with Gasteiger partial charge in [0.2, 0.25) is 0 Å². The van der Waals surface area contributed by atoms with Gasteiger partial charge in [-0.15, -0.1) is 0 Å². The first-order chi connectivity index (χ1) is 10.1. The first-order valence-corrected chi connectivity index (χ1v) is 6.69. The SMILES string of the molecule is CCOC(=O)c1ccc(N(C)Cc2ccc(F)cc2)nc1. The van der Waals surface area contributed by atoms with E-state index < -0.39 is 0 Å². The van der Waals surface area contributed by atoms with Gasteiger partial charge in [-0.05, 0) is 36.8 Å². The first kappa shape index (κ1) is 15.0. The molecule has 0 bridgehead atoms. The van der Waals surface area contributed by atoms with Crippen molar-refractivity contribution in [2.75, 3.05) is 18.6 Å². The van der Waals surface area contributed by atoms with Gasteiger partial charge in [0.25, 0.3) is 0 Å². The Kier molecular flexibility index (Phi) is 4.87. The van der Waals surface area contributed by atoms with Gasteiger partial charge in [0.1, 0.15) is 11.6 Å². The maximum atomic E-state index is 12.9. The molecule has 0 atom stereocenters. The molecule has 1 heterocycles. The fourth-order valence-electron chi connectivity index (χ4n) is 1.89. The van der Waals surface area contributed by atoms with Crippen LogP contribution in [-0.4, -0.2) is 24.6 Å². The van der Waals surface area contributed by atoms with Gasteiger partial charge in [-0.2, -0.15) is 0 Å². The van der Waals surface area contributed by atoms with Crippen LogP contribution in [0.15, 0.2) is 42.6 Å². The average Bonchev–Trinajstić information content (AvgIpc) is 2.50. The summed E-state index contributed by atoms with van der Waals surface area (Å²) in [6.45, 7) is 2.70. The number of carbonyl (C=O) groups is 1. The highest BCUT2D eigenvalue weighted by atomic mass is 19.1. The second kappa shape index (κ2) is 6.83. The molecule has 0 aliphatic rings. The van der Waals surface area contributed by atoms with Crippen molar-refractivity contribution in [3.8, 4) is 0 Å². The second-order valence-corrected chi connectivity index (χ2v) is 4.61. The monoisotopic (exact) mass is 288 g/mol. The molecule has 110 valence electrons. The van der Waals surface area contributed by atoms with E-state index in [1.54, 1.807) is 31.2 Å². The van der Waals surface area contributed by atoms with E-state index in [-0.39, 0.29) is 11.8 Å². The lowest BCUT2D eigenvalue weighted by Gasteiger charge is -2.18. The normalized spacial score (nSPS) is 10.2. The van der Waals surface area contributed by atoms with E-state index in [4.69, 9.17) is 4.74 Å². The lowest BCUT2D eigenvalue weighted by molar-refractivity contribution is 0.0526. The van der Waals surface area contributed by atoms with Crippen LogP contribution < -0.4 is 4.90 Å². The van der Waals surface area contributed by atoms with Gasteiger partial charge in [-0.25, -0.2) is 14.2 Å². The zero-order chi connectivity index (χ0) is 15.2. The second-order valence-electron chi connectivity index (χ2n) is 4.61. The Balaban J connectivity index is 2.04. The maximum absolute atomic E-state index is 12.9. The predicted octanol–water partition coefficient (Wildman–Crippen LogP) is 3.03. The molecule has 2 rings (SSSR count). The largest absolute Gasteiger partial charge is 0.462 e. The Hall–Kier alpha value is -2.43. The van der Waals surface area contributed by atoms with Crippen molar-refractivity contribution in [1.82, 2.24) is 4.98 Å². The average molecular weight is 288 g/mol. The number of anilines is 1. The maximum Gasteiger partial charge on any atom is 0.339 e. The fraction of sp³-hybridized carbons (Fsp3) is 0.250. The smallest absolute Gasteiger partial charge is 0.339 e. The van der Waals surface area contributed by atoms with Crippen molar-refractivity contribution < 1.29 is 13.9 Å². The zero-order valence-corrected chi connectivity index (χ0v) is 12.0. The van der Waals surface area contributed by atoms with Crippen LogP contribution >= 0.6 is 0 Å². The summed E-state index contributed by atoms with van der Waals surface area (Å²) < 4.78 is 17.8. The molecule has 0 amide bonds. The fourth-order valence-corrected chi connectivity index (χ4v) is 1.89. The van der Waals surface area contributed by atoms with Gasteiger partial charge >= 0.3 is 5.97 Å². The summed E-state index contributed by atoms with van der Waals surface area (Å²) in [6.07, 6.45) is 1.49. The molecule has 2 aromatic rings.